The largest absolute Gasteiger partial charge is 0.486 e. The first-order chi connectivity index (χ1) is 18.1. The molecule has 6 rings (SSSR count). The number of nitrogens with zero attached hydrogens (tertiary/aromatic N) is 2. The van der Waals surface area contributed by atoms with E-state index in [0.29, 0.717) is 26.3 Å². The van der Waals surface area contributed by atoms with Crippen LogP contribution in [0.4, 0.5) is 0 Å². The van der Waals surface area contributed by atoms with Crippen LogP contribution in [-0.2, 0) is 35.5 Å². The molecule has 1 aliphatic carbocycles. The van der Waals surface area contributed by atoms with Gasteiger partial charge in [-0.05, 0) is 99.0 Å². The molecule has 3 aliphatic rings. The number of hydrogen-bond acceptors (Lipinski definition) is 6. The van der Waals surface area contributed by atoms with E-state index in [1.807, 2.05) is 35.8 Å². The third kappa shape index (κ3) is 4.85. The number of rotatable bonds is 6. The first-order valence-corrected chi connectivity index (χ1v) is 13.5. The van der Waals surface area contributed by atoms with Gasteiger partial charge < -0.3 is 18.8 Å². The number of carbonyl (C=O) groups excluding carboxylic acids is 1. The lowest BCUT2D eigenvalue weighted by atomic mass is 9.96. The van der Waals surface area contributed by atoms with Crippen LogP contribution in [0.5, 0.6) is 11.5 Å². The Bertz CT molecular complexity index is 1370. The van der Waals surface area contributed by atoms with Gasteiger partial charge in [0, 0.05) is 12.1 Å². The molecule has 0 radical (unpaired) electrons. The molecule has 0 N–H and O–H groups in total. The summed E-state index contributed by atoms with van der Waals surface area (Å²) in [6, 6.07) is 14.2. The third-order valence-corrected chi connectivity index (χ3v) is 7.94. The van der Waals surface area contributed by atoms with Crippen molar-refractivity contribution in [2.24, 2.45) is 5.92 Å². The lowest BCUT2D eigenvalue weighted by Gasteiger charge is -2.31. The molecule has 37 heavy (non-hydrogen) atoms. The summed E-state index contributed by atoms with van der Waals surface area (Å²) in [6.45, 7) is 5.23. The SMILES string of the molecule is CCOC(=O)C1CCN(Cc2cc3cc4c(cc3n(CC3COc5ccccc5O3)c2=O)CCC4)CC1. The second-order valence-electron chi connectivity index (χ2n) is 10.4. The molecule has 7 nitrogen and oxygen atoms in total. The highest BCUT2D eigenvalue weighted by atomic mass is 16.6. The van der Waals surface area contributed by atoms with Crippen LogP contribution in [0, 0.1) is 5.92 Å². The molecule has 1 saturated heterocycles. The maximum Gasteiger partial charge on any atom is 0.309 e. The second-order valence-corrected chi connectivity index (χ2v) is 10.4. The number of pyridine rings is 1. The first kappa shape index (κ1) is 24.0. The highest BCUT2D eigenvalue weighted by Crippen LogP contribution is 2.32. The van der Waals surface area contributed by atoms with Crippen molar-refractivity contribution in [1.29, 1.82) is 0 Å². The number of aryl methyl sites for hydroxylation is 2. The number of para-hydroxylation sites is 2. The van der Waals surface area contributed by atoms with E-state index in [1.165, 1.54) is 11.1 Å². The third-order valence-electron chi connectivity index (χ3n) is 7.94. The van der Waals surface area contributed by atoms with Gasteiger partial charge in [-0.25, -0.2) is 0 Å². The summed E-state index contributed by atoms with van der Waals surface area (Å²) in [6.07, 6.45) is 4.60. The molecule has 0 spiro atoms. The van der Waals surface area contributed by atoms with E-state index in [4.69, 9.17) is 14.2 Å². The molecule has 1 unspecified atom stereocenters. The smallest absolute Gasteiger partial charge is 0.309 e. The molecule has 1 aromatic heterocycles. The van der Waals surface area contributed by atoms with Crippen molar-refractivity contribution < 1.29 is 19.0 Å². The minimum absolute atomic E-state index is 0.0282. The van der Waals surface area contributed by atoms with Crippen molar-refractivity contribution in [3.8, 4) is 11.5 Å². The molecule has 3 heterocycles. The van der Waals surface area contributed by atoms with Gasteiger partial charge in [-0.1, -0.05) is 12.1 Å². The van der Waals surface area contributed by atoms with Crippen LogP contribution in [0.25, 0.3) is 10.9 Å². The zero-order chi connectivity index (χ0) is 25.4. The predicted molar refractivity (Wildman–Crippen MR) is 141 cm³/mol. The fraction of sp³-hybridized carbons (Fsp3) is 0.467. The zero-order valence-corrected chi connectivity index (χ0v) is 21.4. The summed E-state index contributed by atoms with van der Waals surface area (Å²) in [7, 11) is 0. The van der Waals surface area contributed by atoms with Crippen LogP contribution in [0.2, 0.25) is 0 Å². The van der Waals surface area contributed by atoms with Gasteiger partial charge in [0.05, 0.1) is 24.6 Å². The summed E-state index contributed by atoms with van der Waals surface area (Å²) in [4.78, 5) is 28.3. The molecule has 0 saturated carbocycles. The van der Waals surface area contributed by atoms with E-state index in [0.717, 1.165) is 73.2 Å². The minimum atomic E-state index is -0.250. The van der Waals surface area contributed by atoms with E-state index in [-0.39, 0.29) is 23.6 Å². The van der Waals surface area contributed by atoms with Gasteiger partial charge in [-0.2, -0.15) is 0 Å². The number of esters is 1. The van der Waals surface area contributed by atoms with E-state index in [1.54, 1.807) is 0 Å². The normalized spacial score (nSPS) is 19.6. The van der Waals surface area contributed by atoms with Crippen LogP contribution >= 0.6 is 0 Å². The number of carbonyl (C=O) groups is 1. The van der Waals surface area contributed by atoms with Crippen molar-refractivity contribution in [3.63, 3.8) is 0 Å². The van der Waals surface area contributed by atoms with Crippen molar-refractivity contribution in [3.05, 3.63) is 69.5 Å². The number of ether oxygens (including phenoxy) is 3. The Morgan fingerprint density at radius 2 is 1.81 bits per heavy atom. The van der Waals surface area contributed by atoms with Crippen LogP contribution in [0.1, 0.15) is 42.9 Å². The molecule has 2 aromatic carbocycles. The molecule has 2 aliphatic heterocycles. The van der Waals surface area contributed by atoms with Gasteiger partial charge in [0.2, 0.25) is 0 Å². The summed E-state index contributed by atoms with van der Waals surface area (Å²) >= 11 is 0. The van der Waals surface area contributed by atoms with E-state index >= 15 is 0 Å². The van der Waals surface area contributed by atoms with Gasteiger partial charge >= 0.3 is 5.97 Å². The Hall–Kier alpha value is -3.32. The molecule has 0 amide bonds. The van der Waals surface area contributed by atoms with Crippen molar-refractivity contribution in [1.82, 2.24) is 9.47 Å². The number of hydrogen-bond donors (Lipinski definition) is 0. The van der Waals surface area contributed by atoms with Crippen molar-refractivity contribution in [2.45, 2.75) is 58.2 Å². The molecular formula is C30H34N2O5. The van der Waals surface area contributed by atoms with E-state index < -0.39 is 0 Å². The van der Waals surface area contributed by atoms with Gasteiger partial charge in [-0.15, -0.1) is 0 Å². The Balaban J connectivity index is 1.28. The average Bonchev–Trinajstić information content (AvgIpc) is 3.38. The summed E-state index contributed by atoms with van der Waals surface area (Å²) < 4.78 is 19.3. The summed E-state index contributed by atoms with van der Waals surface area (Å²) in [5, 5.41) is 1.11. The quantitative estimate of drug-likeness (QED) is 0.473. The fourth-order valence-corrected chi connectivity index (χ4v) is 5.99. The Labute approximate surface area is 216 Å². The van der Waals surface area contributed by atoms with E-state index in [2.05, 4.69) is 23.1 Å². The molecule has 194 valence electrons. The number of benzene rings is 2. The van der Waals surface area contributed by atoms with Crippen molar-refractivity contribution >= 4 is 16.9 Å². The number of likely N-dealkylation sites (tertiary alicyclic amines) is 1. The molecule has 7 heteroatoms. The summed E-state index contributed by atoms with van der Waals surface area (Å²) in [5.74, 6) is 1.32. The fourth-order valence-electron chi connectivity index (χ4n) is 5.99. The van der Waals surface area contributed by atoms with Crippen LogP contribution in [0.3, 0.4) is 0 Å². The number of piperidine rings is 1. The lowest BCUT2D eigenvalue weighted by molar-refractivity contribution is -0.149. The van der Waals surface area contributed by atoms with Gasteiger partial charge in [-0.3, -0.25) is 14.5 Å². The van der Waals surface area contributed by atoms with Crippen LogP contribution in [-0.4, -0.2) is 47.8 Å². The van der Waals surface area contributed by atoms with Gasteiger partial charge in [0.25, 0.3) is 5.56 Å². The predicted octanol–water partition coefficient (Wildman–Crippen LogP) is 4.11. The monoisotopic (exact) mass is 502 g/mol. The Morgan fingerprint density at radius 3 is 2.59 bits per heavy atom. The zero-order valence-electron chi connectivity index (χ0n) is 21.4. The standard InChI is InChI=1S/C30H34N2O5/c1-2-35-30(34)20-10-12-31(13-11-20)17-24-15-23-14-21-6-5-7-22(21)16-26(23)32(29(24)33)18-25-19-36-27-8-3-4-9-28(27)37-25/h3-4,8-9,14-16,20,25H,2,5-7,10-13,17-19H2,1H3. The number of aromatic nitrogens is 1. The second kappa shape index (κ2) is 10.2. The highest BCUT2D eigenvalue weighted by Gasteiger charge is 2.28. The van der Waals surface area contributed by atoms with Crippen LogP contribution in [0.15, 0.2) is 47.3 Å². The topological polar surface area (TPSA) is 70.0 Å². The minimum Gasteiger partial charge on any atom is -0.486 e. The summed E-state index contributed by atoms with van der Waals surface area (Å²) in [5.41, 5.74) is 4.53. The lowest BCUT2D eigenvalue weighted by Crippen LogP contribution is -2.40. The molecule has 0 bridgehead atoms. The molecule has 1 fully saturated rings. The Kier molecular flexibility index (Phi) is 6.63. The van der Waals surface area contributed by atoms with Crippen molar-refractivity contribution in [2.75, 3.05) is 26.3 Å². The maximum absolute atomic E-state index is 13.9. The maximum atomic E-state index is 13.9. The van der Waals surface area contributed by atoms with E-state index in [9.17, 15) is 9.59 Å². The molecule has 1 atom stereocenters. The van der Waals surface area contributed by atoms with Gasteiger partial charge in [0.15, 0.2) is 17.6 Å². The Morgan fingerprint density at radius 1 is 1.05 bits per heavy atom. The molecule has 3 aromatic rings. The first-order valence-electron chi connectivity index (χ1n) is 13.5. The highest BCUT2D eigenvalue weighted by molar-refractivity contribution is 5.82. The molecular weight excluding hydrogens is 468 g/mol. The number of fused-ring (bicyclic) bond motifs is 3. The van der Waals surface area contributed by atoms with Gasteiger partial charge in [0.1, 0.15) is 6.61 Å². The average molecular weight is 503 g/mol. The van der Waals surface area contributed by atoms with Crippen LogP contribution < -0.4 is 15.0 Å².